The summed E-state index contributed by atoms with van der Waals surface area (Å²) in [5.41, 5.74) is 10.7. The molecule has 0 radical (unpaired) electrons. The second-order valence-electron chi connectivity index (χ2n) is 7.89. The number of nitriles is 1. The van der Waals surface area contributed by atoms with Gasteiger partial charge in [0.05, 0.1) is 31.4 Å². The van der Waals surface area contributed by atoms with Crippen LogP contribution < -0.4 is 16.8 Å². The monoisotopic (exact) mass is 447 g/mol. The molecule has 5 atom stereocenters. The fourth-order valence-electron chi connectivity index (χ4n) is 3.94. The Labute approximate surface area is 188 Å². The maximum absolute atomic E-state index is 12.9. The van der Waals surface area contributed by atoms with Crippen LogP contribution in [0.1, 0.15) is 45.2 Å². The van der Waals surface area contributed by atoms with Crippen LogP contribution >= 0.6 is 0 Å². The number of amides is 3. The number of nitrogens with one attached hydrogen (secondary N) is 1. The minimum absolute atomic E-state index is 0.0694. The highest BCUT2D eigenvalue weighted by Gasteiger charge is 2.62. The molecule has 0 bridgehead atoms. The first-order valence-electron chi connectivity index (χ1n) is 10.4. The average molecular weight is 448 g/mol. The van der Waals surface area contributed by atoms with E-state index in [1.165, 1.54) is 13.8 Å². The molecule has 1 aromatic rings. The number of nitrogens with zero attached hydrogens (tertiary/aromatic N) is 2. The number of aliphatic hydroxyl groups excluding tert-OH is 2. The van der Waals surface area contributed by atoms with Crippen LogP contribution in [0.5, 0.6) is 0 Å². The number of benzene rings is 1. The van der Waals surface area contributed by atoms with Gasteiger partial charge >= 0.3 is 0 Å². The number of likely N-dealkylation sites (tertiary alicyclic amines) is 1. The molecule has 2 saturated heterocycles. The number of carbonyl (C=O) groups is 3. The van der Waals surface area contributed by atoms with Gasteiger partial charge < -0.3 is 31.9 Å². The van der Waals surface area contributed by atoms with E-state index in [0.717, 1.165) is 5.56 Å². The molecule has 3 rings (SSSR count). The Morgan fingerprint density at radius 2 is 1.94 bits per heavy atom. The van der Waals surface area contributed by atoms with E-state index in [1.54, 1.807) is 11.0 Å². The van der Waals surface area contributed by atoms with Gasteiger partial charge in [-0.1, -0.05) is 37.3 Å². The largest absolute Gasteiger partial charge is 0.396 e. The first kappa shape index (κ1) is 27.0. The highest BCUT2D eigenvalue weighted by atomic mass is 16.3. The summed E-state index contributed by atoms with van der Waals surface area (Å²) in [5.74, 6) is -0.826. The summed E-state index contributed by atoms with van der Waals surface area (Å²) in [6.07, 6.45) is -0.286. The molecule has 32 heavy (non-hydrogen) atoms. The van der Waals surface area contributed by atoms with Crippen LogP contribution in [0.3, 0.4) is 0 Å². The summed E-state index contributed by atoms with van der Waals surface area (Å²) in [6, 6.07) is 10.2. The molecule has 3 amide bonds. The van der Waals surface area contributed by atoms with Crippen molar-refractivity contribution in [2.45, 2.75) is 57.3 Å². The van der Waals surface area contributed by atoms with Gasteiger partial charge in [0, 0.05) is 13.3 Å². The Morgan fingerprint density at radius 3 is 2.28 bits per heavy atom. The Morgan fingerprint density at radius 1 is 1.38 bits per heavy atom. The standard InChI is InChI=1S/C17H23N3O3.C3H7NO2.C2H3N/c1-10-8-17(9-19-16(17)23)20(15(22)13(18)11(2)21)14(10)12-6-4-3-5-7-12;4-3(6)1-2-5;1-2-3/h3-7,10-11,13-14,21H,8-9,18H2,1-2H3,(H,19,23);5H,1-2H2,(H2,4,6);1H3. The molecular formula is C22H33N5O5. The molecular weight excluding hydrogens is 414 g/mol. The number of hydrogen-bond donors (Lipinski definition) is 5. The van der Waals surface area contributed by atoms with Crippen molar-refractivity contribution >= 4 is 17.7 Å². The normalized spacial score (nSPS) is 25.0. The minimum Gasteiger partial charge on any atom is -0.396 e. The molecule has 0 aliphatic carbocycles. The second kappa shape index (κ2) is 12.1. The number of carbonyl (C=O) groups excluding carboxylic acids is 3. The molecule has 2 aliphatic rings. The first-order valence-corrected chi connectivity index (χ1v) is 10.4. The molecule has 5 unspecified atom stereocenters. The van der Waals surface area contributed by atoms with Crippen LogP contribution in [0.15, 0.2) is 30.3 Å². The first-order chi connectivity index (χ1) is 15.1. The van der Waals surface area contributed by atoms with E-state index in [-0.39, 0.29) is 36.8 Å². The summed E-state index contributed by atoms with van der Waals surface area (Å²) < 4.78 is 0. The molecule has 2 fully saturated rings. The van der Waals surface area contributed by atoms with Crippen LogP contribution in [0, 0.1) is 17.2 Å². The maximum Gasteiger partial charge on any atom is 0.247 e. The van der Waals surface area contributed by atoms with Gasteiger partial charge in [-0.25, -0.2) is 0 Å². The third-order valence-electron chi connectivity index (χ3n) is 5.44. The van der Waals surface area contributed by atoms with Gasteiger partial charge in [-0.15, -0.1) is 0 Å². The van der Waals surface area contributed by atoms with Gasteiger partial charge in [0.1, 0.15) is 11.6 Å². The summed E-state index contributed by atoms with van der Waals surface area (Å²) in [7, 11) is 0. The van der Waals surface area contributed by atoms with Crippen molar-refractivity contribution in [2.75, 3.05) is 13.2 Å². The highest BCUT2D eigenvalue weighted by molar-refractivity contribution is 5.98. The van der Waals surface area contributed by atoms with E-state index < -0.39 is 23.6 Å². The molecule has 2 heterocycles. The Balaban J connectivity index is 0.000000486. The van der Waals surface area contributed by atoms with Gasteiger partial charge in [-0.05, 0) is 24.8 Å². The zero-order valence-electron chi connectivity index (χ0n) is 18.7. The third-order valence-corrected chi connectivity index (χ3v) is 5.44. The molecule has 0 aromatic heterocycles. The van der Waals surface area contributed by atoms with Crippen LogP contribution in [0.25, 0.3) is 0 Å². The summed E-state index contributed by atoms with van der Waals surface area (Å²) in [6.45, 7) is 5.27. The number of primary amides is 1. The van der Waals surface area contributed by atoms with Crippen LogP contribution in [-0.2, 0) is 14.4 Å². The summed E-state index contributed by atoms with van der Waals surface area (Å²) in [4.78, 5) is 36.5. The van der Waals surface area contributed by atoms with Crippen molar-refractivity contribution in [3.63, 3.8) is 0 Å². The van der Waals surface area contributed by atoms with Crippen molar-refractivity contribution in [1.29, 1.82) is 5.26 Å². The number of β-lactam (4-membered cyclic amide) rings is 1. The van der Waals surface area contributed by atoms with Crippen LogP contribution in [0.4, 0.5) is 0 Å². The van der Waals surface area contributed by atoms with E-state index in [0.29, 0.717) is 13.0 Å². The summed E-state index contributed by atoms with van der Waals surface area (Å²) in [5, 5.41) is 27.7. The Bertz CT molecular complexity index is 826. The molecule has 176 valence electrons. The van der Waals surface area contributed by atoms with Gasteiger partial charge in [0.15, 0.2) is 0 Å². The maximum atomic E-state index is 12.9. The fraction of sp³-hybridized carbons (Fsp3) is 0.545. The molecule has 2 aliphatic heterocycles. The van der Waals surface area contributed by atoms with E-state index in [4.69, 9.17) is 16.1 Å². The van der Waals surface area contributed by atoms with Crippen LogP contribution in [-0.4, -0.2) is 63.7 Å². The lowest BCUT2D eigenvalue weighted by atomic mass is 9.85. The van der Waals surface area contributed by atoms with Gasteiger partial charge in [-0.2, -0.15) is 5.26 Å². The SMILES string of the molecule is CC#N.CC(O)C(N)C(=O)N1C(c2ccccc2)C(C)CC12CNC2=O.NC(=O)CCO. The van der Waals surface area contributed by atoms with E-state index in [2.05, 4.69) is 11.1 Å². The topological polar surface area (TPSA) is 183 Å². The van der Waals surface area contributed by atoms with Crippen molar-refractivity contribution in [3.05, 3.63) is 35.9 Å². The lowest BCUT2D eigenvalue weighted by Crippen LogP contribution is -2.73. The Hall–Kier alpha value is -3.00. The van der Waals surface area contributed by atoms with Gasteiger partial charge in [0.25, 0.3) is 0 Å². The fourth-order valence-corrected chi connectivity index (χ4v) is 3.94. The van der Waals surface area contributed by atoms with Gasteiger partial charge in [0.2, 0.25) is 17.7 Å². The zero-order valence-corrected chi connectivity index (χ0v) is 18.7. The van der Waals surface area contributed by atoms with Crippen molar-refractivity contribution in [2.24, 2.45) is 17.4 Å². The van der Waals surface area contributed by atoms with Crippen molar-refractivity contribution < 1.29 is 24.6 Å². The minimum atomic E-state index is -1.03. The van der Waals surface area contributed by atoms with Gasteiger partial charge in [-0.3, -0.25) is 14.4 Å². The number of hydrogen-bond acceptors (Lipinski definition) is 7. The highest BCUT2D eigenvalue weighted by Crippen LogP contribution is 2.49. The third kappa shape index (κ3) is 6.03. The summed E-state index contributed by atoms with van der Waals surface area (Å²) >= 11 is 0. The van der Waals surface area contributed by atoms with Crippen LogP contribution in [0.2, 0.25) is 0 Å². The predicted octanol–water partition coefficient (Wildman–Crippen LogP) is -0.443. The number of rotatable bonds is 5. The van der Waals surface area contributed by atoms with E-state index in [9.17, 15) is 19.5 Å². The molecule has 1 spiro atoms. The van der Waals surface area contributed by atoms with Crippen molar-refractivity contribution in [3.8, 4) is 6.07 Å². The van der Waals surface area contributed by atoms with E-state index >= 15 is 0 Å². The molecule has 1 aromatic carbocycles. The number of nitrogens with two attached hydrogens (primary N) is 2. The molecule has 7 N–H and O–H groups in total. The van der Waals surface area contributed by atoms with E-state index in [1.807, 2.05) is 37.3 Å². The molecule has 0 saturated carbocycles. The smallest absolute Gasteiger partial charge is 0.247 e. The lowest BCUT2D eigenvalue weighted by molar-refractivity contribution is -0.156. The second-order valence-corrected chi connectivity index (χ2v) is 7.89. The average Bonchev–Trinajstić information content (AvgIpc) is 3.08. The predicted molar refractivity (Wildman–Crippen MR) is 117 cm³/mol. The van der Waals surface area contributed by atoms with Crippen molar-refractivity contribution in [1.82, 2.24) is 10.2 Å². The Kier molecular flexibility index (Phi) is 10.3. The lowest BCUT2D eigenvalue weighted by Gasteiger charge is -2.47. The quantitative estimate of drug-likeness (QED) is 0.379. The molecule has 10 heteroatoms. The number of aliphatic hydroxyl groups is 2. The zero-order chi connectivity index (χ0) is 24.5. The molecule has 10 nitrogen and oxygen atoms in total.